The average molecular weight is 614 g/mol. The summed E-state index contributed by atoms with van der Waals surface area (Å²) < 4.78 is 50.3. The zero-order chi connectivity index (χ0) is 30.9. The van der Waals surface area contributed by atoms with Crippen LogP contribution in [0.15, 0.2) is 24.3 Å². The SMILES string of the molecule is C#Cc1c(F)ccc2cc(O)cc(-c3nc4c5c(nc(OC[C@@]67CCCN6C[C@H](C)C7)nc5c3F)N3CCOCC[C@H]3CO4)c12. The molecule has 4 aliphatic heterocycles. The summed E-state index contributed by atoms with van der Waals surface area (Å²) in [6.07, 6.45) is 9.57. The summed E-state index contributed by atoms with van der Waals surface area (Å²) in [5.74, 6) is 2.03. The van der Waals surface area contributed by atoms with Gasteiger partial charge in [-0.15, -0.1) is 6.42 Å². The van der Waals surface area contributed by atoms with Gasteiger partial charge in [0.1, 0.15) is 47.2 Å². The Balaban J connectivity index is 1.33. The summed E-state index contributed by atoms with van der Waals surface area (Å²) >= 11 is 0. The molecule has 45 heavy (non-hydrogen) atoms. The number of terminal acetylenes is 1. The summed E-state index contributed by atoms with van der Waals surface area (Å²) in [5, 5.41) is 11.7. The lowest BCUT2D eigenvalue weighted by atomic mass is 9.92. The number of ether oxygens (including phenoxy) is 3. The van der Waals surface area contributed by atoms with Gasteiger partial charge in [-0.2, -0.15) is 9.97 Å². The van der Waals surface area contributed by atoms with E-state index in [1.165, 1.54) is 24.3 Å². The van der Waals surface area contributed by atoms with Crippen molar-refractivity contribution in [1.29, 1.82) is 0 Å². The Hall–Kier alpha value is -4.27. The number of pyridine rings is 1. The van der Waals surface area contributed by atoms with E-state index in [0.29, 0.717) is 55.3 Å². The van der Waals surface area contributed by atoms with Crippen LogP contribution in [0.2, 0.25) is 0 Å². The molecule has 0 bridgehead atoms. The predicted molar refractivity (Wildman–Crippen MR) is 165 cm³/mol. The third kappa shape index (κ3) is 4.53. The maximum Gasteiger partial charge on any atom is 0.319 e. The molecule has 0 amide bonds. The molecule has 0 saturated carbocycles. The molecule has 0 aliphatic carbocycles. The minimum Gasteiger partial charge on any atom is -0.508 e. The fourth-order valence-corrected chi connectivity index (χ4v) is 7.88. The standard InChI is InChI=1S/C34H33F2N5O4/c1-3-23-25(35)6-5-20-13-22(42)14-24(26(20)23)29-28(36)30-27-31(41-10-12-43-11-7-21(41)17-44-32(27)37-29)39-33(38-30)45-18-34-8-4-9-40(34)16-19(2)15-34/h1,5-6,13-14,19,21,42H,4,7-12,15-18H2,2H3/t19-,21+,34+/m1/s1. The van der Waals surface area contributed by atoms with E-state index in [1.54, 1.807) is 0 Å². The highest BCUT2D eigenvalue weighted by Crippen LogP contribution is 2.45. The first kappa shape index (κ1) is 28.2. The predicted octanol–water partition coefficient (Wildman–Crippen LogP) is 5.05. The normalized spacial score (nSPS) is 24.5. The van der Waals surface area contributed by atoms with Crippen LogP contribution in [0.25, 0.3) is 32.9 Å². The number of hydrogen-bond acceptors (Lipinski definition) is 9. The van der Waals surface area contributed by atoms with Crippen LogP contribution in [0.3, 0.4) is 0 Å². The number of nitrogens with zero attached hydrogens (tertiary/aromatic N) is 5. The summed E-state index contributed by atoms with van der Waals surface area (Å²) in [6, 6.07) is 5.48. The van der Waals surface area contributed by atoms with Crippen molar-refractivity contribution in [3.05, 3.63) is 41.5 Å². The lowest BCUT2D eigenvalue weighted by Gasteiger charge is -2.31. The molecule has 2 aromatic heterocycles. The highest BCUT2D eigenvalue weighted by Gasteiger charge is 2.48. The number of phenols is 1. The van der Waals surface area contributed by atoms with Crippen LogP contribution in [0.1, 0.15) is 38.2 Å². The third-order valence-corrected chi connectivity index (χ3v) is 9.83. The van der Waals surface area contributed by atoms with Crippen molar-refractivity contribution >= 4 is 27.5 Å². The number of rotatable bonds is 4. The lowest BCUT2D eigenvalue weighted by molar-refractivity contribution is 0.107. The summed E-state index contributed by atoms with van der Waals surface area (Å²) in [5.41, 5.74) is -0.204. The number of hydrogen-bond donors (Lipinski definition) is 1. The van der Waals surface area contributed by atoms with Gasteiger partial charge in [0.2, 0.25) is 5.88 Å². The van der Waals surface area contributed by atoms with Gasteiger partial charge in [-0.25, -0.2) is 13.8 Å². The van der Waals surface area contributed by atoms with Crippen molar-refractivity contribution in [1.82, 2.24) is 19.9 Å². The molecule has 9 nitrogen and oxygen atoms in total. The van der Waals surface area contributed by atoms with Crippen molar-refractivity contribution < 1.29 is 28.1 Å². The lowest BCUT2D eigenvalue weighted by Crippen LogP contribution is -2.43. The quantitative estimate of drug-likeness (QED) is 0.318. The number of fused-ring (bicyclic) bond motifs is 4. The van der Waals surface area contributed by atoms with Gasteiger partial charge in [0.15, 0.2) is 5.82 Å². The fraction of sp³-hybridized carbons (Fsp3) is 0.441. The second kappa shape index (κ2) is 10.7. The molecule has 3 saturated heterocycles. The van der Waals surface area contributed by atoms with E-state index >= 15 is 4.39 Å². The highest BCUT2D eigenvalue weighted by atomic mass is 19.1. The first-order valence-corrected chi connectivity index (χ1v) is 15.5. The number of aromatic hydroxyl groups is 1. The van der Waals surface area contributed by atoms with Gasteiger partial charge in [-0.3, -0.25) is 4.90 Å². The third-order valence-electron chi connectivity index (χ3n) is 9.83. The molecule has 2 aromatic carbocycles. The van der Waals surface area contributed by atoms with E-state index in [0.717, 1.165) is 32.4 Å². The summed E-state index contributed by atoms with van der Waals surface area (Å²) in [6.45, 7) is 6.56. The Morgan fingerprint density at radius 3 is 2.91 bits per heavy atom. The minimum atomic E-state index is -0.773. The maximum atomic E-state index is 17.0. The largest absolute Gasteiger partial charge is 0.508 e. The summed E-state index contributed by atoms with van der Waals surface area (Å²) in [7, 11) is 0. The molecule has 0 unspecified atom stereocenters. The molecular weight excluding hydrogens is 580 g/mol. The van der Waals surface area contributed by atoms with E-state index in [2.05, 4.69) is 32.6 Å². The molecule has 232 valence electrons. The molecule has 3 fully saturated rings. The van der Waals surface area contributed by atoms with Crippen LogP contribution in [0.5, 0.6) is 17.6 Å². The van der Waals surface area contributed by atoms with Crippen molar-refractivity contribution in [3.63, 3.8) is 0 Å². The van der Waals surface area contributed by atoms with Crippen molar-refractivity contribution in [2.24, 2.45) is 5.92 Å². The van der Waals surface area contributed by atoms with Crippen LogP contribution in [-0.2, 0) is 4.74 Å². The van der Waals surface area contributed by atoms with Gasteiger partial charge in [0.25, 0.3) is 0 Å². The molecule has 0 spiro atoms. The van der Waals surface area contributed by atoms with Crippen molar-refractivity contribution in [3.8, 4) is 41.2 Å². The number of anilines is 1. The molecule has 4 aliphatic rings. The Bertz CT molecular complexity index is 1900. The Kier molecular flexibility index (Phi) is 6.69. The van der Waals surface area contributed by atoms with E-state index in [-0.39, 0.29) is 63.6 Å². The monoisotopic (exact) mass is 613 g/mol. The Morgan fingerprint density at radius 1 is 1.16 bits per heavy atom. The Morgan fingerprint density at radius 2 is 2.04 bits per heavy atom. The van der Waals surface area contributed by atoms with Gasteiger partial charge in [0, 0.05) is 30.6 Å². The van der Waals surface area contributed by atoms with E-state index in [1.807, 2.05) is 0 Å². The van der Waals surface area contributed by atoms with Crippen LogP contribution < -0.4 is 14.4 Å². The molecule has 1 N–H and O–H groups in total. The van der Waals surface area contributed by atoms with Crippen LogP contribution in [0.4, 0.5) is 14.6 Å². The van der Waals surface area contributed by atoms with Gasteiger partial charge < -0.3 is 24.2 Å². The van der Waals surface area contributed by atoms with Gasteiger partial charge in [-0.05, 0) is 61.7 Å². The molecule has 0 radical (unpaired) electrons. The number of phenolic OH excluding ortho intramolecular Hbond substituents is 1. The molecule has 3 atom stereocenters. The minimum absolute atomic E-state index is 0.0310. The van der Waals surface area contributed by atoms with E-state index in [9.17, 15) is 9.50 Å². The zero-order valence-corrected chi connectivity index (χ0v) is 25.0. The number of benzene rings is 2. The van der Waals surface area contributed by atoms with Crippen molar-refractivity contribution in [2.75, 3.05) is 51.0 Å². The van der Waals surface area contributed by atoms with Gasteiger partial charge in [-0.1, -0.05) is 18.9 Å². The van der Waals surface area contributed by atoms with E-state index in [4.69, 9.17) is 25.6 Å². The first-order valence-electron chi connectivity index (χ1n) is 15.5. The average Bonchev–Trinajstić information content (AvgIpc) is 3.38. The smallest absolute Gasteiger partial charge is 0.319 e. The van der Waals surface area contributed by atoms with Crippen molar-refractivity contribution in [2.45, 2.75) is 44.2 Å². The number of aromatic nitrogens is 3. The highest BCUT2D eigenvalue weighted by molar-refractivity contribution is 6.04. The van der Waals surface area contributed by atoms with Crippen LogP contribution >= 0.6 is 0 Å². The maximum absolute atomic E-state index is 17.0. The zero-order valence-electron chi connectivity index (χ0n) is 25.0. The number of halogens is 2. The first-order chi connectivity index (χ1) is 21.8. The Labute approximate surface area is 259 Å². The molecular formula is C34H33F2N5O4. The fourth-order valence-electron chi connectivity index (χ4n) is 7.88. The van der Waals surface area contributed by atoms with Gasteiger partial charge >= 0.3 is 6.01 Å². The van der Waals surface area contributed by atoms with Gasteiger partial charge in [0.05, 0.1) is 23.8 Å². The second-order valence-corrected chi connectivity index (χ2v) is 12.7. The second-order valence-electron chi connectivity index (χ2n) is 12.7. The topological polar surface area (TPSA) is 93.1 Å². The molecule has 11 heteroatoms. The van der Waals surface area contributed by atoms with Crippen LogP contribution in [-0.4, -0.2) is 82.6 Å². The summed E-state index contributed by atoms with van der Waals surface area (Å²) in [4.78, 5) is 18.7. The van der Waals surface area contributed by atoms with Crippen LogP contribution in [0, 0.1) is 29.9 Å². The molecule has 8 rings (SSSR count). The molecule has 6 heterocycles. The van der Waals surface area contributed by atoms with E-state index < -0.39 is 11.6 Å². The molecule has 4 aromatic rings.